The molecule has 1 saturated heterocycles. The van der Waals surface area contributed by atoms with E-state index in [1.54, 1.807) is 17.6 Å². The molecule has 1 atom stereocenters. The molecule has 3 heterocycles. The van der Waals surface area contributed by atoms with Crippen molar-refractivity contribution in [1.82, 2.24) is 15.6 Å². The number of oxazole rings is 1. The predicted molar refractivity (Wildman–Crippen MR) is 77.6 cm³/mol. The second-order valence-electron chi connectivity index (χ2n) is 4.91. The average molecular weight is 291 g/mol. The first kappa shape index (κ1) is 13.3. The smallest absolute Gasteiger partial charge is 0.236 e. The number of piperidine rings is 1. The van der Waals surface area contributed by atoms with Crippen LogP contribution in [0, 0.1) is 0 Å². The standard InChI is InChI=1S/C14H17N3O2S/c18-13(16-10-3-1-5-15-8-10)7-11-9-19-14(17-11)12-4-2-6-20-12/h2,4,6,9-10,15H,1,3,5,7-8H2,(H,16,18)/t10-/m0/s1. The van der Waals surface area contributed by atoms with Gasteiger partial charge in [-0.25, -0.2) is 4.98 Å². The summed E-state index contributed by atoms with van der Waals surface area (Å²) in [5, 5.41) is 8.28. The molecule has 0 radical (unpaired) electrons. The lowest BCUT2D eigenvalue weighted by atomic mass is 10.1. The summed E-state index contributed by atoms with van der Waals surface area (Å²) in [6.45, 7) is 1.89. The van der Waals surface area contributed by atoms with Crippen LogP contribution in [-0.4, -0.2) is 30.0 Å². The van der Waals surface area contributed by atoms with Crippen LogP contribution in [0.3, 0.4) is 0 Å². The number of nitrogens with zero attached hydrogens (tertiary/aromatic N) is 1. The lowest BCUT2D eigenvalue weighted by Gasteiger charge is -2.23. The van der Waals surface area contributed by atoms with Crippen LogP contribution in [0.1, 0.15) is 18.5 Å². The molecule has 1 amide bonds. The summed E-state index contributed by atoms with van der Waals surface area (Å²) < 4.78 is 5.41. The lowest BCUT2D eigenvalue weighted by Crippen LogP contribution is -2.46. The Labute approximate surface area is 121 Å². The molecule has 2 aromatic heterocycles. The Kier molecular flexibility index (Phi) is 4.13. The van der Waals surface area contributed by atoms with Gasteiger partial charge in [-0.2, -0.15) is 0 Å². The largest absolute Gasteiger partial charge is 0.444 e. The highest BCUT2D eigenvalue weighted by Crippen LogP contribution is 2.23. The molecule has 20 heavy (non-hydrogen) atoms. The molecule has 6 heteroatoms. The Morgan fingerprint density at radius 2 is 2.55 bits per heavy atom. The molecule has 3 rings (SSSR count). The quantitative estimate of drug-likeness (QED) is 0.901. The number of nitrogens with one attached hydrogen (secondary N) is 2. The molecule has 5 nitrogen and oxygen atoms in total. The summed E-state index contributed by atoms with van der Waals surface area (Å²) in [4.78, 5) is 17.3. The number of amides is 1. The molecular formula is C14H17N3O2S. The maximum absolute atomic E-state index is 12.0. The number of hydrogen-bond acceptors (Lipinski definition) is 5. The van der Waals surface area contributed by atoms with Crippen molar-refractivity contribution in [3.8, 4) is 10.8 Å². The molecular weight excluding hydrogens is 274 g/mol. The minimum absolute atomic E-state index is 0.00438. The monoisotopic (exact) mass is 291 g/mol. The first-order chi connectivity index (χ1) is 9.81. The molecule has 0 aliphatic carbocycles. The van der Waals surface area contributed by atoms with Crippen molar-refractivity contribution < 1.29 is 9.21 Å². The SMILES string of the molecule is O=C(Cc1coc(-c2cccs2)n1)N[C@H]1CCCNC1. The van der Waals surface area contributed by atoms with E-state index in [-0.39, 0.29) is 18.4 Å². The molecule has 1 aliphatic heterocycles. The Balaban J connectivity index is 1.56. The zero-order valence-corrected chi connectivity index (χ0v) is 11.9. The normalized spacial score (nSPS) is 18.9. The second kappa shape index (κ2) is 6.19. The van der Waals surface area contributed by atoms with Gasteiger partial charge in [0.05, 0.1) is 17.0 Å². The highest BCUT2D eigenvalue weighted by molar-refractivity contribution is 7.13. The Morgan fingerprint density at radius 1 is 1.60 bits per heavy atom. The summed E-state index contributed by atoms with van der Waals surface area (Å²) in [6.07, 6.45) is 3.98. The molecule has 0 unspecified atom stereocenters. The summed E-state index contributed by atoms with van der Waals surface area (Å²) >= 11 is 1.57. The summed E-state index contributed by atoms with van der Waals surface area (Å²) in [5.74, 6) is 0.590. The van der Waals surface area contributed by atoms with Gasteiger partial charge in [0.1, 0.15) is 6.26 Å². The minimum Gasteiger partial charge on any atom is -0.444 e. The van der Waals surface area contributed by atoms with Crippen molar-refractivity contribution in [2.24, 2.45) is 0 Å². The maximum Gasteiger partial charge on any atom is 0.236 e. The first-order valence-corrected chi connectivity index (χ1v) is 7.67. The van der Waals surface area contributed by atoms with Crippen LogP contribution in [0.15, 0.2) is 28.2 Å². The van der Waals surface area contributed by atoms with Gasteiger partial charge in [0.15, 0.2) is 0 Å². The third-order valence-electron chi connectivity index (χ3n) is 3.29. The van der Waals surface area contributed by atoms with E-state index >= 15 is 0 Å². The third kappa shape index (κ3) is 3.26. The third-order valence-corrected chi connectivity index (χ3v) is 4.15. The van der Waals surface area contributed by atoms with E-state index < -0.39 is 0 Å². The van der Waals surface area contributed by atoms with E-state index in [2.05, 4.69) is 15.6 Å². The van der Waals surface area contributed by atoms with Crippen LogP contribution in [0.4, 0.5) is 0 Å². The Morgan fingerprint density at radius 3 is 3.30 bits per heavy atom. The number of carbonyl (C=O) groups excluding carboxylic acids is 1. The van der Waals surface area contributed by atoms with Gasteiger partial charge in [-0.15, -0.1) is 11.3 Å². The molecule has 106 valence electrons. The summed E-state index contributed by atoms with van der Waals surface area (Å²) in [6, 6.07) is 4.14. The van der Waals surface area contributed by atoms with Gasteiger partial charge in [-0.3, -0.25) is 4.79 Å². The predicted octanol–water partition coefficient (Wildman–Crippen LogP) is 1.81. The van der Waals surface area contributed by atoms with E-state index in [0.29, 0.717) is 11.6 Å². The van der Waals surface area contributed by atoms with Crippen molar-refractivity contribution in [2.45, 2.75) is 25.3 Å². The number of aromatic nitrogens is 1. The topological polar surface area (TPSA) is 67.2 Å². The Hall–Kier alpha value is -1.66. The maximum atomic E-state index is 12.0. The van der Waals surface area contributed by atoms with Gasteiger partial charge in [-0.05, 0) is 30.8 Å². The van der Waals surface area contributed by atoms with Crippen molar-refractivity contribution in [1.29, 1.82) is 0 Å². The molecule has 2 N–H and O–H groups in total. The highest BCUT2D eigenvalue weighted by Gasteiger charge is 2.17. The fraction of sp³-hybridized carbons (Fsp3) is 0.429. The molecule has 1 aliphatic rings. The number of carbonyl (C=O) groups is 1. The van der Waals surface area contributed by atoms with Crippen LogP contribution in [-0.2, 0) is 11.2 Å². The van der Waals surface area contributed by atoms with E-state index in [1.807, 2.05) is 17.5 Å². The van der Waals surface area contributed by atoms with Crippen molar-refractivity contribution in [3.63, 3.8) is 0 Å². The molecule has 2 aromatic rings. The van der Waals surface area contributed by atoms with Gasteiger partial charge in [0.25, 0.3) is 0 Å². The first-order valence-electron chi connectivity index (χ1n) is 6.79. The zero-order valence-electron chi connectivity index (χ0n) is 11.1. The van der Waals surface area contributed by atoms with Gasteiger partial charge in [0.2, 0.25) is 11.8 Å². The summed E-state index contributed by atoms with van der Waals surface area (Å²) in [7, 11) is 0. The van der Waals surface area contributed by atoms with Gasteiger partial charge in [0, 0.05) is 12.6 Å². The van der Waals surface area contributed by atoms with Crippen molar-refractivity contribution >= 4 is 17.2 Å². The van der Waals surface area contributed by atoms with Gasteiger partial charge in [-0.1, -0.05) is 6.07 Å². The van der Waals surface area contributed by atoms with Crippen LogP contribution < -0.4 is 10.6 Å². The molecule has 0 bridgehead atoms. The van der Waals surface area contributed by atoms with Crippen LogP contribution in [0.25, 0.3) is 10.8 Å². The minimum atomic E-state index is 0.00438. The highest BCUT2D eigenvalue weighted by atomic mass is 32.1. The number of rotatable bonds is 4. The average Bonchev–Trinajstić information content (AvgIpc) is 3.10. The zero-order chi connectivity index (χ0) is 13.8. The molecule has 0 aromatic carbocycles. The Bertz CT molecular complexity index is 559. The van der Waals surface area contributed by atoms with Crippen LogP contribution in [0.5, 0.6) is 0 Å². The molecule has 0 spiro atoms. The van der Waals surface area contributed by atoms with Crippen molar-refractivity contribution in [2.75, 3.05) is 13.1 Å². The number of hydrogen-bond donors (Lipinski definition) is 2. The van der Waals surface area contributed by atoms with Gasteiger partial charge < -0.3 is 15.1 Å². The van der Waals surface area contributed by atoms with Crippen molar-refractivity contribution in [3.05, 3.63) is 29.5 Å². The van der Waals surface area contributed by atoms with Gasteiger partial charge >= 0.3 is 0 Å². The fourth-order valence-corrected chi connectivity index (χ4v) is 2.98. The van der Waals surface area contributed by atoms with E-state index in [9.17, 15) is 4.79 Å². The number of thiophene rings is 1. The fourth-order valence-electron chi connectivity index (χ4n) is 2.32. The van der Waals surface area contributed by atoms with E-state index in [0.717, 1.165) is 30.8 Å². The van der Waals surface area contributed by atoms with Crippen LogP contribution in [0.2, 0.25) is 0 Å². The lowest BCUT2D eigenvalue weighted by molar-refractivity contribution is -0.121. The van der Waals surface area contributed by atoms with E-state index in [1.165, 1.54) is 0 Å². The second-order valence-corrected chi connectivity index (χ2v) is 5.86. The van der Waals surface area contributed by atoms with Crippen LogP contribution >= 0.6 is 11.3 Å². The molecule has 0 saturated carbocycles. The van der Waals surface area contributed by atoms with E-state index in [4.69, 9.17) is 4.42 Å². The molecule has 1 fully saturated rings. The summed E-state index contributed by atoms with van der Waals surface area (Å²) in [5.41, 5.74) is 0.676.